The third-order valence-electron chi connectivity index (χ3n) is 5.53. The van der Waals surface area contributed by atoms with Crippen molar-refractivity contribution in [1.82, 2.24) is 10.2 Å². The van der Waals surface area contributed by atoms with Crippen LogP contribution in [0.4, 0.5) is 10.1 Å². The lowest BCUT2D eigenvalue weighted by Gasteiger charge is -2.30. The van der Waals surface area contributed by atoms with Crippen molar-refractivity contribution in [2.24, 2.45) is 0 Å². The van der Waals surface area contributed by atoms with E-state index in [0.29, 0.717) is 25.9 Å². The molecular formula is C21H21FN4O3S. The standard InChI is InChI=1S/C21H21FN4O3S/c22-16-4-6-17(7-5-16)25-30(28,29)19-8-3-14-11-20(24-13-15(14)10-19)21(27)26-9-1-2-18(26)12-23/h3-8,10,18,20,24-25H,1-2,9,11,13H2/t18-,20-/m0/s1. The molecule has 2 aliphatic rings. The molecule has 0 radical (unpaired) electrons. The van der Waals surface area contributed by atoms with Gasteiger partial charge in [-0.3, -0.25) is 9.52 Å². The second kappa shape index (κ2) is 8.05. The van der Waals surface area contributed by atoms with Crippen molar-refractivity contribution in [3.63, 3.8) is 0 Å². The SMILES string of the molecule is N#C[C@@H]1CCCN1C(=O)[C@@H]1Cc2ccc(S(=O)(=O)Nc3ccc(F)cc3)cc2CN1. The molecule has 0 saturated carbocycles. The van der Waals surface area contributed by atoms with Crippen LogP contribution in [0.2, 0.25) is 0 Å². The number of nitriles is 1. The van der Waals surface area contributed by atoms with Gasteiger partial charge in [0.25, 0.3) is 10.0 Å². The van der Waals surface area contributed by atoms with Crippen molar-refractivity contribution >= 4 is 21.6 Å². The highest BCUT2D eigenvalue weighted by molar-refractivity contribution is 7.92. The van der Waals surface area contributed by atoms with Crippen molar-refractivity contribution in [3.8, 4) is 6.07 Å². The van der Waals surface area contributed by atoms with E-state index in [1.54, 1.807) is 17.0 Å². The number of amides is 1. The van der Waals surface area contributed by atoms with Crippen LogP contribution in [0.15, 0.2) is 47.4 Å². The zero-order valence-corrected chi connectivity index (χ0v) is 17.0. The van der Waals surface area contributed by atoms with Crippen LogP contribution in [-0.2, 0) is 27.8 Å². The van der Waals surface area contributed by atoms with Crippen LogP contribution in [0, 0.1) is 17.1 Å². The Hall–Kier alpha value is -2.96. The molecule has 2 aromatic rings. The Balaban J connectivity index is 1.49. The van der Waals surface area contributed by atoms with E-state index in [9.17, 15) is 22.9 Å². The Morgan fingerprint density at radius 1 is 1.20 bits per heavy atom. The van der Waals surface area contributed by atoms with E-state index in [-0.39, 0.29) is 22.5 Å². The molecule has 4 rings (SSSR count). The van der Waals surface area contributed by atoms with Gasteiger partial charge < -0.3 is 10.2 Å². The molecule has 1 fully saturated rings. The number of nitrogens with zero attached hydrogens (tertiary/aromatic N) is 2. The number of carbonyl (C=O) groups is 1. The highest BCUT2D eigenvalue weighted by atomic mass is 32.2. The van der Waals surface area contributed by atoms with Gasteiger partial charge in [0.2, 0.25) is 5.91 Å². The summed E-state index contributed by atoms with van der Waals surface area (Å²) in [5.74, 6) is -0.531. The van der Waals surface area contributed by atoms with E-state index in [0.717, 1.165) is 17.5 Å². The van der Waals surface area contributed by atoms with Crippen molar-refractivity contribution < 1.29 is 17.6 Å². The molecule has 2 N–H and O–H groups in total. The Bertz CT molecular complexity index is 1110. The maximum atomic E-state index is 13.0. The fraction of sp³-hybridized carbons (Fsp3) is 0.333. The first-order chi connectivity index (χ1) is 14.4. The number of nitrogens with one attached hydrogen (secondary N) is 2. The van der Waals surface area contributed by atoms with Crippen LogP contribution in [0.1, 0.15) is 24.0 Å². The molecule has 0 aromatic heterocycles. The minimum Gasteiger partial charge on any atom is -0.325 e. The summed E-state index contributed by atoms with van der Waals surface area (Å²) in [4.78, 5) is 14.5. The van der Waals surface area contributed by atoms with Crippen LogP contribution in [-0.4, -0.2) is 37.9 Å². The van der Waals surface area contributed by atoms with E-state index in [1.165, 1.54) is 30.3 Å². The minimum absolute atomic E-state index is 0.0839. The molecule has 9 heteroatoms. The van der Waals surface area contributed by atoms with E-state index in [2.05, 4.69) is 16.1 Å². The zero-order chi connectivity index (χ0) is 21.3. The molecule has 0 spiro atoms. The minimum atomic E-state index is -3.82. The number of anilines is 1. The topological polar surface area (TPSA) is 102 Å². The van der Waals surface area contributed by atoms with Crippen molar-refractivity contribution in [1.29, 1.82) is 5.26 Å². The zero-order valence-electron chi connectivity index (χ0n) is 16.1. The number of fused-ring (bicyclic) bond motifs is 1. The second-order valence-electron chi connectivity index (χ2n) is 7.50. The van der Waals surface area contributed by atoms with Gasteiger partial charge in [0.05, 0.1) is 17.0 Å². The highest BCUT2D eigenvalue weighted by Crippen LogP contribution is 2.25. The molecular weight excluding hydrogens is 407 g/mol. The number of rotatable bonds is 4. The molecule has 0 bridgehead atoms. The quantitative estimate of drug-likeness (QED) is 0.777. The number of hydrogen-bond acceptors (Lipinski definition) is 5. The van der Waals surface area contributed by atoms with Gasteiger partial charge in [-0.1, -0.05) is 6.07 Å². The van der Waals surface area contributed by atoms with Crippen LogP contribution in [0.3, 0.4) is 0 Å². The van der Waals surface area contributed by atoms with Gasteiger partial charge in [-0.25, -0.2) is 12.8 Å². The van der Waals surface area contributed by atoms with E-state index < -0.39 is 21.9 Å². The first kappa shape index (κ1) is 20.3. The monoisotopic (exact) mass is 428 g/mol. The fourth-order valence-corrected chi connectivity index (χ4v) is 5.04. The number of sulfonamides is 1. The Morgan fingerprint density at radius 2 is 1.97 bits per heavy atom. The molecule has 1 amide bonds. The lowest BCUT2D eigenvalue weighted by Crippen LogP contribution is -2.50. The van der Waals surface area contributed by atoms with Crippen molar-refractivity contribution in [2.75, 3.05) is 11.3 Å². The van der Waals surface area contributed by atoms with Crippen molar-refractivity contribution in [3.05, 3.63) is 59.4 Å². The molecule has 30 heavy (non-hydrogen) atoms. The highest BCUT2D eigenvalue weighted by Gasteiger charge is 2.34. The molecule has 156 valence electrons. The summed E-state index contributed by atoms with van der Waals surface area (Å²) < 4.78 is 40.8. The summed E-state index contributed by atoms with van der Waals surface area (Å²) in [5.41, 5.74) is 1.98. The summed E-state index contributed by atoms with van der Waals surface area (Å²) in [7, 11) is -3.82. The Morgan fingerprint density at radius 3 is 2.70 bits per heavy atom. The third kappa shape index (κ3) is 4.01. The Labute approximate surface area is 174 Å². The van der Waals surface area contributed by atoms with Gasteiger partial charge in [-0.05, 0) is 66.8 Å². The molecule has 0 unspecified atom stereocenters. The third-order valence-corrected chi connectivity index (χ3v) is 6.91. The summed E-state index contributed by atoms with van der Waals surface area (Å²) in [6.45, 7) is 0.949. The van der Waals surface area contributed by atoms with Crippen LogP contribution in [0.5, 0.6) is 0 Å². The molecule has 2 atom stereocenters. The smallest absolute Gasteiger partial charge is 0.261 e. The van der Waals surface area contributed by atoms with E-state index >= 15 is 0 Å². The van der Waals surface area contributed by atoms with Gasteiger partial charge in [0.15, 0.2) is 0 Å². The summed E-state index contributed by atoms with van der Waals surface area (Å²) in [6.07, 6.45) is 1.97. The fourth-order valence-electron chi connectivity index (χ4n) is 3.93. The average molecular weight is 428 g/mol. The van der Waals surface area contributed by atoms with Crippen molar-refractivity contribution in [2.45, 2.75) is 42.8 Å². The normalized spacial score (nSPS) is 21.0. The Kier molecular flexibility index (Phi) is 5.45. The van der Waals surface area contributed by atoms with Crippen LogP contribution < -0.4 is 10.0 Å². The van der Waals surface area contributed by atoms with E-state index in [1.807, 2.05) is 0 Å². The molecule has 1 saturated heterocycles. The lowest BCUT2D eigenvalue weighted by atomic mass is 9.95. The number of carbonyl (C=O) groups excluding carboxylic acids is 1. The molecule has 2 heterocycles. The number of halogens is 1. The van der Waals surface area contributed by atoms with Gasteiger partial charge in [0.1, 0.15) is 11.9 Å². The number of hydrogen-bond donors (Lipinski definition) is 2. The molecule has 2 aromatic carbocycles. The van der Waals surface area contributed by atoms with Gasteiger partial charge >= 0.3 is 0 Å². The maximum Gasteiger partial charge on any atom is 0.261 e. The largest absolute Gasteiger partial charge is 0.325 e. The molecule has 7 nitrogen and oxygen atoms in total. The predicted molar refractivity (Wildman–Crippen MR) is 108 cm³/mol. The number of benzene rings is 2. The first-order valence-electron chi connectivity index (χ1n) is 9.71. The summed E-state index contributed by atoms with van der Waals surface area (Å²) >= 11 is 0. The molecule has 0 aliphatic carbocycles. The maximum absolute atomic E-state index is 13.0. The van der Waals surface area contributed by atoms with Crippen LogP contribution in [0.25, 0.3) is 0 Å². The number of likely N-dealkylation sites (tertiary alicyclic amines) is 1. The first-order valence-corrected chi connectivity index (χ1v) is 11.2. The van der Waals surface area contributed by atoms with Gasteiger partial charge in [0, 0.05) is 18.8 Å². The van der Waals surface area contributed by atoms with Gasteiger partial charge in [-0.15, -0.1) is 0 Å². The van der Waals surface area contributed by atoms with E-state index in [4.69, 9.17) is 0 Å². The van der Waals surface area contributed by atoms with Gasteiger partial charge in [-0.2, -0.15) is 5.26 Å². The summed E-state index contributed by atoms with van der Waals surface area (Å²) in [5, 5.41) is 12.4. The van der Waals surface area contributed by atoms with Crippen LogP contribution >= 0.6 is 0 Å². The second-order valence-corrected chi connectivity index (χ2v) is 9.18. The average Bonchev–Trinajstić information content (AvgIpc) is 3.23. The predicted octanol–water partition coefficient (Wildman–Crippen LogP) is 2.16. The molecule has 2 aliphatic heterocycles. The lowest BCUT2D eigenvalue weighted by molar-refractivity contribution is -0.133. The summed E-state index contributed by atoms with van der Waals surface area (Å²) in [6, 6.07) is 11.3.